The van der Waals surface area contributed by atoms with Gasteiger partial charge in [0.25, 0.3) is 0 Å². The van der Waals surface area contributed by atoms with E-state index >= 15 is 0 Å². The topological polar surface area (TPSA) is 84.3 Å². The zero-order chi connectivity index (χ0) is 13.5. The molecule has 0 radical (unpaired) electrons. The van der Waals surface area contributed by atoms with Crippen molar-refractivity contribution >= 4 is 11.8 Å². The Labute approximate surface area is 106 Å². The molecule has 0 saturated heterocycles. The number of carbonyl (C=O) groups is 1. The van der Waals surface area contributed by atoms with Gasteiger partial charge in [-0.25, -0.2) is 4.79 Å². The Kier molecular flexibility index (Phi) is 5.10. The van der Waals surface area contributed by atoms with Crippen LogP contribution in [0.15, 0.2) is 25.0 Å². The summed E-state index contributed by atoms with van der Waals surface area (Å²) in [6.07, 6.45) is 4.75. The van der Waals surface area contributed by atoms with Crippen LogP contribution < -0.4 is 10.1 Å². The molecule has 18 heavy (non-hydrogen) atoms. The fourth-order valence-corrected chi connectivity index (χ4v) is 1.28. The Balaban J connectivity index is 2.76. The minimum absolute atomic E-state index is 0.0157. The second kappa shape index (κ2) is 6.58. The van der Waals surface area contributed by atoms with Crippen molar-refractivity contribution in [3.63, 3.8) is 0 Å². The lowest BCUT2D eigenvalue weighted by Crippen LogP contribution is -2.29. The standard InChI is InChI=1S/C12H17N3O3/c1-4-5-9(12(16)17)14-10-6-13-7-11(15-10)18-8(2)3/h4,6-9H,1,5H2,2-3H3,(H,14,15)(H,16,17). The normalized spacial score (nSPS) is 11.9. The maximum atomic E-state index is 11.0. The first-order chi connectivity index (χ1) is 8.52. The molecule has 0 aliphatic rings. The summed E-state index contributed by atoms with van der Waals surface area (Å²) in [7, 11) is 0. The largest absolute Gasteiger partial charge is 0.480 e. The molecule has 0 aromatic carbocycles. The SMILES string of the molecule is C=CCC(Nc1cncc(OC(C)C)n1)C(=O)O. The van der Waals surface area contributed by atoms with Crippen LogP contribution in [0.4, 0.5) is 5.82 Å². The van der Waals surface area contributed by atoms with E-state index in [0.29, 0.717) is 18.1 Å². The lowest BCUT2D eigenvalue weighted by Gasteiger charge is -2.14. The van der Waals surface area contributed by atoms with E-state index in [9.17, 15) is 4.79 Å². The average Bonchev–Trinajstić information content (AvgIpc) is 2.28. The lowest BCUT2D eigenvalue weighted by molar-refractivity contribution is -0.137. The van der Waals surface area contributed by atoms with E-state index < -0.39 is 12.0 Å². The third-order valence-corrected chi connectivity index (χ3v) is 1.99. The fourth-order valence-electron chi connectivity index (χ4n) is 1.28. The Morgan fingerprint density at radius 2 is 2.33 bits per heavy atom. The van der Waals surface area contributed by atoms with Crippen molar-refractivity contribution in [1.82, 2.24) is 9.97 Å². The molecule has 0 spiro atoms. The van der Waals surface area contributed by atoms with Gasteiger partial charge in [0.05, 0.1) is 18.5 Å². The second-order valence-corrected chi connectivity index (χ2v) is 3.97. The van der Waals surface area contributed by atoms with E-state index in [1.54, 1.807) is 0 Å². The lowest BCUT2D eigenvalue weighted by atomic mass is 10.2. The summed E-state index contributed by atoms with van der Waals surface area (Å²) >= 11 is 0. The Morgan fingerprint density at radius 3 is 2.89 bits per heavy atom. The van der Waals surface area contributed by atoms with Gasteiger partial charge >= 0.3 is 5.97 Å². The van der Waals surface area contributed by atoms with Crippen LogP contribution in [0.1, 0.15) is 20.3 Å². The van der Waals surface area contributed by atoms with E-state index in [4.69, 9.17) is 9.84 Å². The molecule has 1 aromatic rings. The molecule has 0 saturated carbocycles. The van der Waals surface area contributed by atoms with Crippen LogP contribution in [-0.2, 0) is 4.79 Å². The quantitative estimate of drug-likeness (QED) is 0.717. The molecule has 0 bridgehead atoms. The third kappa shape index (κ3) is 4.40. The first kappa shape index (κ1) is 14.0. The highest BCUT2D eigenvalue weighted by atomic mass is 16.5. The molecule has 0 aliphatic carbocycles. The zero-order valence-corrected chi connectivity index (χ0v) is 10.5. The minimum atomic E-state index is -0.966. The molecule has 1 heterocycles. The van der Waals surface area contributed by atoms with Crippen LogP contribution in [0, 0.1) is 0 Å². The van der Waals surface area contributed by atoms with E-state index in [1.165, 1.54) is 18.5 Å². The molecule has 6 nitrogen and oxygen atoms in total. The molecular weight excluding hydrogens is 234 g/mol. The molecule has 98 valence electrons. The van der Waals surface area contributed by atoms with Crippen molar-refractivity contribution < 1.29 is 14.6 Å². The molecule has 0 fully saturated rings. The first-order valence-electron chi connectivity index (χ1n) is 5.62. The number of nitrogens with one attached hydrogen (secondary N) is 1. The summed E-state index contributed by atoms with van der Waals surface area (Å²) in [5.74, 6) is -0.243. The Bertz CT molecular complexity index is 421. The van der Waals surface area contributed by atoms with Crippen LogP contribution >= 0.6 is 0 Å². The highest BCUT2D eigenvalue weighted by molar-refractivity contribution is 5.77. The van der Waals surface area contributed by atoms with Gasteiger partial charge in [-0.15, -0.1) is 6.58 Å². The number of carboxylic acid groups (broad SMARTS) is 1. The molecule has 1 unspecified atom stereocenters. The molecule has 1 aromatic heterocycles. The summed E-state index contributed by atoms with van der Waals surface area (Å²) in [5, 5.41) is 11.8. The highest BCUT2D eigenvalue weighted by Gasteiger charge is 2.16. The summed E-state index contributed by atoms with van der Waals surface area (Å²) < 4.78 is 5.38. The van der Waals surface area contributed by atoms with Gasteiger partial charge in [-0.1, -0.05) is 6.08 Å². The molecule has 1 atom stereocenters. The van der Waals surface area contributed by atoms with Crippen LogP contribution in [0.2, 0.25) is 0 Å². The van der Waals surface area contributed by atoms with Crippen LogP contribution in [0.25, 0.3) is 0 Å². The smallest absolute Gasteiger partial charge is 0.326 e. The van der Waals surface area contributed by atoms with Crippen molar-refractivity contribution in [2.24, 2.45) is 0 Å². The zero-order valence-electron chi connectivity index (χ0n) is 10.5. The summed E-state index contributed by atoms with van der Waals surface area (Å²) in [6, 6.07) is -0.772. The number of hydrogen-bond acceptors (Lipinski definition) is 5. The maximum Gasteiger partial charge on any atom is 0.326 e. The third-order valence-electron chi connectivity index (χ3n) is 1.99. The van der Waals surface area contributed by atoms with E-state index in [0.717, 1.165) is 0 Å². The number of ether oxygens (including phenoxy) is 1. The molecule has 2 N–H and O–H groups in total. The van der Waals surface area contributed by atoms with Crippen molar-refractivity contribution in [3.8, 4) is 5.88 Å². The Hall–Kier alpha value is -2.11. The molecular formula is C12H17N3O3. The number of aliphatic carboxylic acids is 1. The van der Waals surface area contributed by atoms with Crippen molar-refractivity contribution in [2.45, 2.75) is 32.4 Å². The predicted octanol–water partition coefficient (Wildman–Crippen LogP) is 1.70. The number of nitrogens with zero attached hydrogens (tertiary/aromatic N) is 2. The maximum absolute atomic E-state index is 11.0. The minimum Gasteiger partial charge on any atom is -0.480 e. The molecule has 1 rings (SSSR count). The number of rotatable bonds is 7. The van der Waals surface area contributed by atoms with Gasteiger partial charge in [-0.05, 0) is 20.3 Å². The number of aromatic nitrogens is 2. The average molecular weight is 251 g/mol. The summed E-state index contributed by atoms with van der Waals surface area (Å²) in [4.78, 5) is 19.0. The van der Waals surface area contributed by atoms with Crippen LogP contribution in [-0.4, -0.2) is 33.2 Å². The van der Waals surface area contributed by atoms with Gasteiger partial charge in [0, 0.05) is 0 Å². The van der Waals surface area contributed by atoms with Gasteiger partial charge < -0.3 is 15.2 Å². The predicted molar refractivity (Wildman–Crippen MR) is 67.7 cm³/mol. The second-order valence-electron chi connectivity index (χ2n) is 3.97. The van der Waals surface area contributed by atoms with E-state index in [1.807, 2.05) is 13.8 Å². The van der Waals surface area contributed by atoms with Crippen molar-refractivity contribution in [1.29, 1.82) is 0 Å². The van der Waals surface area contributed by atoms with Gasteiger partial charge in [-0.2, -0.15) is 4.98 Å². The van der Waals surface area contributed by atoms with E-state index in [2.05, 4.69) is 21.9 Å². The van der Waals surface area contributed by atoms with Crippen LogP contribution in [0.3, 0.4) is 0 Å². The molecule has 6 heteroatoms. The summed E-state index contributed by atoms with van der Waals surface area (Å²) in [5.41, 5.74) is 0. The number of anilines is 1. The van der Waals surface area contributed by atoms with Crippen LogP contribution in [0.5, 0.6) is 5.88 Å². The Morgan fingerprint density at radius 1 is 1.61 bits per heavy atom. The van der Waals surface area contributed by atoms with Crippen molar-refractivity contribution in [2.75, 3.05) is 5.32 Å². The van der Waals surface area contributed by atoms with E-state index in [-0.39, 0.29) is 6.10 Å². The van der Waals surface area contributed by atoms with Gasteiger partial charge in [0.2, 0.25) is 5.88 Å². The molecule has 0 aliphatic heterocycles. The fraction of sp³-hybridized carbons (Fsp3) is 0.417. The number of carboxylic acids is 1. The molecule has 0 amide bonds. The van der Waals surface area contributed by atoms with Gasteiger partial charge in [0.15, 0.2) is 0 Å². The number of hydrogen-bond donors (Lipinski definition) is 2. The van der Waals surface area contributed by atoms with Gasteiger partial charge in [-0.3, -0.25) is 4.98 Å². The monoisotopic (exact) mass is 251 g/mol. The first-order valence-corrected chi connectivity index (χ1v) is 5.62. The van der Waals surface area contributed by atoms with Crippen molar-refractivity contribution in [3.05, 3.63) is 25.0 Å². The highest BCUT2D eigenvalue weighted by Crippen LogP contribution is 2.12. The summed E-state index contributed by atoms with van der Waals surface area (Å²) in [6.45, 7) is 7.27. The van der Waals surface area contributed by atoms with Gasteiger partial charge in [0.1, 0.15) is 11.9 Å².